The molecule has 8 heteroatoms. The second kappa shape index (κ2) is 7.85. The van der Waals surface area contributed by atoms with Gasteiger partial charge in [-0.15, -0.1) is 0 Å². The van der Waals surface area contributed by atoms with Gasteiger partial charge in [-0.25, -0.2) is 9.78 Å². The molecule has 28 heavy (non-hydrogen) atoms. The number of pyridine rings is 1. The van der Waals surface area contributed by atoms with Crippen LogP contribution in [0.15, 0.2) is 47.4 Å². The van der Waals surface area contributed by atoms with Crippen molar-refractivity contribution in [2.45, 2.75) is 20.0 Å². The average Bonchev–Trinajstić information content (AvgIpc) is 3.00. The number of benzene rings is 1. The summed E-state index contributed by atoms with van der Waals surface area (Å²) in [5.41, 5.74) is 2.72. The van der Waals surface area contributed by atoms with Crippen LogP contribution in [-0.2, 0) is 22.6 Å². The quantitative estimate of drug-likeness (QED) is 0.727. The van der Waals surface area contributed by atoms with E-state index < -0.39 is 0 Å². The molecule has 1 aliphatic rings. The predicted molar refractivity (Wildman–Crippen MR) is 108 cm³/mol. The van der Waals surface area contributed by atoms with E-state index in [2.05, 4.69) is 15.2 Å². The number of aromatic nitrogens is 3. The average molecular weight is 381 g/mol. The molecule has 3 aromatic rings. The Balaban J connectivity index is 1.59. The highest BCUT2D eigenvalue weighted by atomic mass is 16.5. The minimum atomic E-state index is -0.248. The van der Waals surface area contributed by atoms with Gasteiger partial charge in [-0.1, -0.05) is 12.1 Å². The highest BCUT2D eigenvalue weighted by molar-refractivity contribution is 5.94. The van der Waals surface area contributed by atoms with Crippen LogP contribution in [0.25, 0.3) is 11.2 Å². The van der Waals surface area contributed by atoms with Gasteiger partial charge in [0.2, 0.25) is 5.91 Å². The smallest absolute Gasteiger partial charge is 0.330 e. The number of amides is 1. The molecule has 0 spiro atoms. The lowest BCUT2D eigenvalue weighted by Gasteiger charge is -2.30. The Labute approximate surface area is 162 Å². The number of hydrogen-bond donors (Lipinski definition) is 1. The molecule has 1 aromatic carbocycles. The largest absolute Gasteiger partial charge is 0.378 e. The molecule has 0 radical (unpaired) electrons. The Morgan fingerprint density at radius 2 is 1.93 bits per heavy atom. The topological polar surface area (TPSA) is 81.4 Å². The van der Waals surface area contributed by atoms with Crippen LogP contribution in [0.1, 0.15) is 6.92 Å². The van der Waals surface area contributed by atoms with Gasteiger partial charge in [0.15, 0.2) is 5.65 Å². The van der Waals surface area contributed by atoms with Crippen molar-refractivity contribution in [3.05, 3.63) is 53.1 Å². The Kier molecular flexibility index (Phi) is 5.12. The van der Waals surface area contributed by atoms with E-state index in [9.17, 15) is 9.59 Å². The number of anilines is 2. The van der Waals surface area contributed by atoms with Gasteiger partial charge in [-0.2, -0.15) is 0 Å². The van der Waals surface area contributed by atoms with Gasteiger partial charge in [0.05, 0.1) is 30.1 Å². The molecule has 2 aromatic heterocycles. The third-order valence-corrected chi connectivity index (χ3v) is 4.92. The SMILES string of the molecule is CCn1c(=O)n(CC(=O)Nc2ccccc2N2CCOCC2)c2cccnc21. The maximum atomic E-state index is 12.8. The summed E-state index contributed by atoms with van der Waals surface area (Å²) < 4.78 is 8.46. The lowest BCUT2D eigenvalue weighted by molar-refractivity contribution is -0.116. The Bertz CT molecular complexity index is 1050. The second-order valence-corrected chi connectivity index (χ2v) is 6.62. The van der Waals surface area contributed by atoms with Gasteiger partial charge >= 0.3 is 5.69 Å². The fourth-order valence-corrected chi connectivity index (χ4v) is 3.58. The van der Waals surface area contributed by atoms with Crippen LogP contribution in [0.4, 0.5) is 11.4 Å². The van der Waals surface area contributed by atoms with E-state index in [4.69, 9.17) is 4.74 Å². The van der Waals surface area contributed by atoms with Crippen molar-refractivity contribution in [2.24, 2.45) is 0 Å². The van der Waals surface area contributed by atoms with Gasteiger partial charge in [-0.05, 0) is 31.2 Å². The number of carbonyl (C=O) groups excluding carboxylic acids is 1. The molecule has 3 heterocycles. The van der Waals surface area contributed by atoms with Crippen LogP contribution in [-0.4, -0.2) is 46.3 Å². The summed E-state index contributed by atoms with van der Waals surface area (Å²) in [6, 6.07) is 11.3. The summed E-state index contributed by atoms with van der Waals surface area (Å²) in [6.07, 6.45) is 1.65. The first-order valence-corrected chi connectivity index (χ1v) is 9.44. The number of morpholine rings is 1. The number of para-hydroxylation sites is 2. The van der Waals surface area contributed by atoms with E-state index in [1.54, 1.807) is 16.8 Å². The predicted octanol–water partition coefficient (Wildman–Crippen LogP) is 1.69. The van der Waals surface area contributed by atoms with Crippen LogP contribution in [0.3, 0.4) is 0 Å². The Morgan fingerprint density at radius 1 is 1.14 bits per heavy atom. The molecular formula is C20H23N5O3. The van der Waals surface area contributed by atoms with E-state index in [0.717, 1.165) is 24.5 Å². The monoisotopic (exact) mass is 381 g/mol. The standard InChI is InChI=1S/C20H23N5O3/c1-2-24-19-17(8-5-9-21-19)25(20(24)27)14-18(26)22-15-6-3-4-7-16(15)23-10-12-28-13-11-23/h3-9H,2,10-14H2,1H3,(H,22,26). The summed E-state index contributed by atoms with van der Waals surface area (Å²) in [7, 11) is 0. The number of nitrogens with one attached hydrogen (secondary N) is 1. The molecule has 0 bridgehead atoms. The molecule has 1 aliphatic heterocycles. The highest BCUT2D eigenvalue weighted by Gasteiger charge is 2.18. The molecule has 8 nitrogen and oxygen atoms in total. The third kappa shape index (κ3) is 3.38. The molecule has 1 fully saturated rings. The number of aryl methyl sites for hydroxylation is 1. The van der Waals surface area contributed by atoms with E-state index in [1.165, 1.54) is 4.57 Å². The first-order valence-electron chi connectivity index (χ1n) is 9.44. The van der Waals surface area contributed by atoms with Gasteiger partial charge in [-0.3, -0.25) is 13.9 Å². The van der Waals surface area contributed by atoms with Crippen molar-refractivity contribution >= 4 is 28.4 Å². The van der Waals surface area contributed by atoms with Crippen LogP contribution in [0.5, 0.6) is 0 Å². The summed E-state index contributed by atoms with van der Waals surface area (Å²) in [4.78, 5) is 32.0. The molecule has 0 aliphatic carbocycles. The van der Waals surface area contributed by atoms with Gasteiger partial charge in [0.1, 0.15) is 6.54 Å². The zero-order valence-electron chi connectivity index (χ0n) is 15.8. The number of ether oxygens (including phenoxy) is 1. The molecule has 0 saturated carbocycles. The van der Waals surface area contributed by atoms with Gasteiger partial charge in [0, 0.05) is 25.8 Å². The Morgan fingerprint density at radius 3 is 2.71 bits per heavy atom. The minimum absolute atomic E-state index is 0.0640. The first kappa shape index (κ1) is 18.2. The van der Waals surface area contributed by atoms with Crippen molar-refractivity contribution in [3.8, 4) is 0 Å². The van der Waals surface area contributed by atoms with Crippen LogP contribution >= 0.6 is 0 Å². The molecule has 1 saturated heterocycles. The van der Waals surface area contributed by atoms with Gasteiger partial charge in [0.25, 0.3) is 0 Å². The molecular weight excluding hydrogens is 358 g/mol. The zero-order valence-corrected chi connectivity index (χ0v) is 15.8. The summed E-state index contributed by atoms with van der Waals surface area (Å²) in [5.74, 6) is -0.248. The lowest BCUT2D eigenvalue weighted by Crippen LogP contribution is -2.37. The fraction of sp³-hybridized carbons (Fsp3) is 0.350. The van der Waals surface area contributed by atoms with E-state index in [-0.39, 0.29) is 18.1 Å². The molecule has 0 atom stereocenters. The van der Waals surface area contributed by atoms with Crippen LogP contribution < -0.4 is 15.9 Å². The zero-order chi connectivity index (χ0) is 19.5. The maximum absolute atomic E-state index is 12.8. The van der Waals surface area contributed by atoms with Crippen molar-refractivity contribution in [3.63, 3.8) is 0 Å². The lowest BCUT2D eigenvalue weighted by atomic mass is 10.2. The normalized spacial score (nSPS) is 14.4. The number of carbonyl (C=O) groups is 1. The highest BCUT2D eigenvalue weighted by Crippen LogP contribution is 2.26. The van der Waals surface area contributed by atoms with E-state index >= 15 is 0 Å². The number of hydrogen-bond acceptors (Lipinski definition) is 5. The van der Waals surface area contributed by atoms with E-state index in [1.807, 2.05) is 37.3 Å². The fourth-order valence-electron chi connectivity index (χ4n) is 3.58. The van der Waals surface area contributed by atoms with Crippen LogP contribution in [0.2, 0.25) is 0 Å². The molecule has 1 N–H and O–H groups in total. The molecule has 1 amide bonds. The van der Waals surface area contributed by atoms with Gasteiger partial charge < -0.3 is 15.0 Å². The third-order valence-electron chi connectivity index (χ3n) is 4.92. The number of imidazole rings is 1. The van der Waals surface area contributed by atoms with Crippen molar-refractivity contribution in [2.75, 3.05) is 36.5 Å². The van der Waals surface area contributed by atoms with Crippen molar-refractivity contribution in [1.29, 1.82) is 0 Å². The van der Waals surface area contributed by atoms with Crippen molar-refractivity contribution < 1.29 is 9.53 Å². The molecule has 146 valence electrons. The molecule has 0 unspecified atom stereocenters. The summed E-state index contributed by atoms with van der Waals surface area (Å²) >= 11 is 0. The number of nitrogens with zero attached hydrogens (tertiary/aromatic N) is 4. The van der Waals surface area contributed by atoms with Crippen molar-refractivity contribution in [1.82, 2.24) is 14.1 Å². The number of rotatable bonds is 5. The maximum Gasteiger partial charge on any atom is 0.330 e. The first-order chi connectivity index (χ1) is 13.7. The molecule has 4 rings (SSSR count). The number of fused-ring (bicyclic) bond motifs is 1. The minimum Gasteiger partial charge on any atom is -0.378 e. The van der Waals surface area contributed by atoms with E-state index in [0.29, 0.717) is 30.9 Å². The summed E-state index contributed by atoms with van der Waals surface area (Å²) in [6.45, 7) is 5.22. The Hall–Kier alpha value is -3.13. The van der Waals surface area contributed by atoms with Crippen LogP contribution in [0, 0.1) is 0 Å². The second-order valence-electron chi connectivity index (χ2n) is 6.62. The summed E-state index contributed by atoms with van der Waals surface area (Å²) in [5, 5.41) is 2.96.